The second-order valence-corrected chi connectivity index (χ2v) is 9.44. The summed E-state index contributed by atoms with van der Waals surface area (Å²) >= 11 is 0. The zero-order valence-corrected chi connectivity index (χ0v) is 19.3. The van der Waals surface area contributed by atoms with Gasteiger partial charge in [-0.05, 0) is 61.6 Å². The van der Waals surface area contributed by atoms with Crippen LogP contribution >= 0.6 is 0 Å². The number of nitrogens with zero attached hydrogens (tertiary/aromatic N) is 6. The molecule has 0 radical (unpaired) electrons. The molecule has 2 atom stereocenters. The summed E-state index contributed by atoms with van der Waals surface area (Å²) in [5.41, 5.74) is 6.27. The molecule has 0 saturated carbocycles. The fourth-order valence-corrected chi connectivity index (χ4v) is 5.34. The Hall–Kier alpha value is -3.49. The smallest absolute Gasteiger partial charge is 0.179 e. The van der Waals surface area contributed by atoms with Gasteiger partial charge < -0.3 is 19.5 Å². The molecule has 4 heterocycles. The number of aromatic nitrogens is 4. The predicted molar refractivity (Wildman–Crippen MR) is 130 cm³/mol. The Kier molecular flexibility index (Phi) is 5.00. The Labute approximate surface area is 197 Å². The lowest BCUT2D eigenvalue weighted by Gasteiger charge is -2.24. The van der Waals surface area contributed by atoms with Crippen LogP contribution in [0.1, 0.15) is 5.56 Å². The summed E-state index contributed by atoms with van der Waals surface area (Å²) in [6.45, 7) is 2.58. The van der Waals surface area contributed by atoms with E-state index >= 15 is 0 Å². The average Bonchev–Trinajstić information content (AvgIpc) is 3.56. The van der Waals surface area contributed by atoms with Crippen LogP contribution in [-0.2, 0) is 6.54 Å². The number of benzene rings is 2. The molecule has 7 nitrogen and oxygen atoms in total. The SMILES string of the molecule is CN(C)[C@H]1CN(c2ccc3c(c2)Cn2cc(-c4ccc(F)cc4)cc2-c2ncnn2-3)C[C@@H]1CO. The van der Waals surface area contributed by atoms with E-state index in [9.17, 15) is 9.50 Å². The highest BCUT2D eigenvalue weighted by Gasteiger charge is 2.34. The maximum absolute atomic E-state index is 13.4. The Morgan fingerprint density at radius 1 is 1.06 bits per heavy atom. The van der Waals surface area contributed by atoms with E-state index in [-0.39, 0.29) is 18.3 Å². The zero-order valence-electron chi connectivity index (χ0n) is 19.3. The molecule has 0 aliphatic carbocycles. The minimum Gasteiger partial charge on any atom is -0.396 e. The van der Waals surface area contributed by atoms with Gasteiger partial charge in [0, 0.05) is 55.6 Å². The third-order valence-electron chi connectivity index (χ3n) is 7.15. The van der Waals surface area contributed by atoms with Crippen LogP contribution in [0.5, 0.6) is 0 Å². The summed E-state index contributed by atoms with van der Waals surface area (Å²) in [4.78, 5) is 9.12. The first-order valence-corrected chi connectivity index (χ1v) is 11.5. The molecule has 174 valence electrons. The van der Waals surface area contributed by atoms with Crippen molar-refractivity contribution in [2.45, 2.75) is 12.6 Å². The van der Waals surface area contributed by atoms with Gasteiger partial charge in [-0.3, -0.25) is 0 Å². The maximum atomic E-state index is 13.4. The van der Waals surface area contributed by atoms with Crippen molar-refractivity contribution >= 4 is 5.69 Å². The minimum atomic E-state index is -0.243. The second kappa shape index (κ2) is 8.07. The number of hydrogen-bond acceptors (Lipinski definition) is 5. The van der Waals surface area contributed by atoms with Gasteiger partial charge in [-0.25, -0.2) is 14.1 Å². The van der Waals surface area contributed by atoms with Gasteiger partial charge in [-0.1, -0.05) is 12.1 Å². The van der Waals surface area contributed by atoms with E-state index in [1.54, 1.807) is 18.5 Å². The average molecular weight is 459 g/mol. The summed E-state index contributed by atoms with van der Waals surface area (Å²) in [5, 5.41) is 14.4. The predicted octanol–water partition coefficient (Wildman–Crippen LogP) is 3.26. The van der Waals surface area contributed by atoms with E-state index in [0.29, 0.717) is 12.6 Å². The number of hydrogen-bond donors (Lipinski definition) is 1. The third-order valence-corrected chi connectivity index (χ3v) is 7.15. The number of rotatable bonds is 4. The van der Waals surface area contributed by atoms with Crippen molar-refractivity contribution in [3.63, 3.8) is 0 Å². The first-order chi connectivity index (χ1) is 16.5. The van der Waals surface area contributed by atoms with Crippen molar-refractivity contribution in [3.8, 4) is 28.3 Å². The van der Waals surface area contributed by atoms with Crippen molar-refractivity contribution in [1.29, 1.82) is 0 Å². The van der Waals surface area contributed by atoms with E-state index in [0.717, 1.165) is 52.7 Å². The molecule has 1 fully saturated rings. The van der Waals surface area contributed by atoms with E-state index in [1.165, 1.54) is 12.1 Å². The maximum Gasteiger partial charge on any atom is 0.179 e. The number of likely N-dealkylation sites (N-methyl/N-ethyl adjacent to an activating group) is 1. The molecule has 2 aromatic heterocycles. The van der Waals surface area contributed by atoms with Crippen molar-refractivity contribution in [2.24, 2.45) is 5.92 Å². The summed E-state index contributed by atoms with van der Waals surface area (Å²) in [6, 6.07) is 15.5. The van der Waals surface area contributed by atoms with E-state index in [4.69, 9.17) is 0 Å². The fraction of sp³-hybridized carbons (Fsp3) is 0.308. The molecule has 0 bridgehead atoms. The van der Waals surface area contributed by atoms with Gasteiger partial charge >= 0.3 is 0 Å². The summed E-state index contributed by atoms with van der Waals surface area (Å²) in [6.07, 6.45) is 3.68. The standard InChI is InChI=1S/C26H27FN6O/c1-30(2)25-14-31(13-20(25)15-34)22-7-8-23-19(9-22)12-32-11-18(17-3-5-21(27)6-4-17)10-24(32)26-28-16-29-33(23)26/h3-11,16,20,25,34H,12-15H2,1-2H3/t20-,25+/m1/s1. The van der Waals surface area contributed by atoms with Crippen LogP contribution in [-0.4, -0.2) is 69.2 Å². The van der Waals surface area contributed by atoms with Gasteiger partial charge in [0.25, 0.3) is 0 Å². The van der Waals surface area contributed by atoms with Crippen LogP contribution < -0.4 is 4.90 Å². The van der Waals surface area contributed by atoms with E-state index in [1.807, 2.05) is 4.68 Å². The largest absolute Gasteiger partial charge is 0.396 e. The summed E-state index contributed by atoms with van der Waals surface area (Å²) < 4.78 is 17.5. The lowest BCUT2D eigenvalue weighted by atomic mass is 10.0. The van der Waals surface area contributed by atoms with Gasteiger partial charge in [-0.2, -0.15) is 5.10 Å². The number of anilines is 1. The van der Waals surface area contributed by atoms with Crippen LogP contribution in [0, 0.1) is 11.7 Å². The van der Waals surface area contributed by atoms with Crippen LogP contribution in [0.25, 0.3) is 28.3 Å². The van der Waals surface area contributed by atoms with Crippen molar-refractivity contribution < 1.29 is 9.50 Å². The van der Waals surface area contributed by atoms with Gasteiger partial charge in [0.2, 0.25) is 0 Å². The highest BCUT2D eigenvalue weighted by atomic mass is 19.1. The molecular weight excluding hydrogens is 431 g/mol. The molecule has 1 N–H and O–H groups in total. The first kappa shape index (κ1) is 21.1. The molecule has 0 spiro atoms. The Morgan fingerprint density at radius 2 is 1.88 bits per heavy atom. The fourth-order valence-electron chi connectivity index (χ4n) is 5.34. The molecule has 6 rings (SSSR count). The molecule has 8 heteroatoms. The molecule has 34 heavy (non-hydrogen) atoms. The normalized spacial score (nSPS) is 19.1. The van der Waals surface area contributed by atoms with Crippen molar-refractivity contribution in [2.75, 3.05) is 38.7 Å². The van der Waals surface area contributed by atoms with Gasteiger partial charge in [-0.15, -0.1) is 0 Å². The molecular formula is C26H27FN6O. The van der Waals surface area contributed by atoms with Gasteiger partial charge in [0.15, 0.2) is 5.82 Å². The number of aliphatic hydroxyl groups excluding tert-OH is 1. The molecule has 2 aliphatic rings. The lowest BCUT2D eigenvalue weighted by Crippen LogP contribution is -2.36. The molecule has 4 aromatic rings. The second-order valence-electron chi connectivity index (χ2n) is 9.44. The molecule has 1 saturated heterocycles. The summed E-state index contributed by atoms with van der Waals surface area (Å²) in [7, 11) is 4.15. The zero-order chi connectivity index (χ0) is 23.4. The third kappa shape index (κ3) is 3.41. The number of halogens is 1. The van der Waals surface area contributed by atoms with E-state index in [2.05, 4.69) is 69.0 Å². The molecule has 2 aromatic carbocycles. The quantitative estimate of drug-likeness (QED) is 0.448. The van der Waals surface area contributed by atoms with Crippen molar-refractivity contribution in [3.05, 3.63) is 72.4 Å². The minimum absolute atomic E-state index is 0.186. The first-order valence-electron chi connectivity index (χ1n) is 11.5. The summed E-state index contributed by atoms with van der Waals surface area (Å²) in [5.74, 6) is 0.770. The number of fused-ring (bicyclic) bond motifs is 5. The Bertz CT molecular complexity index is 1340. The molecule has 0 amide bonds. The monoisotopic (exact) mass is 458 g/mol. The van der Waals surface area contributed by atoms with E-state index < -0.39 is 0 Å². The highest BCUT2D eigenvalue weighted by Crippen LogP contribution is 2.35. The lowest BCUT2D eigenvalue weighted by molar-refractivity contribution is 0.168. The van der Waals surface area contributed by atoms with Crippen molar-refractivity contribution in [1.82, 2.24) is 24.2 Å². The van der Waals surface area contributed by atoms with Gasteiger partial charge in [0.1, 0.15) is 12.1 Å². The Morgan fingerprint density at radius 3 is 2.62 bits per heavy atom. The highest BCUT2D eigenvalue weighted by molar-refractivity contribution is 5.72. The van der Waals surface area contributed by atoms with Crippen LogP contribution in [0.4, 0.5) is 10.1 Å². The van der Waals surface area contributed by atoms with Crippen LogP contribution in [0.15, 0.2) is 61.1 Å². The number of aliphatic hydroxyl groups is 1. The molecule has 0 unspecified atom stereocenters. The Balaban J connectivity index is 1.39. The topological polar surface area (TPSA) is 62.3 Å². The van der Waals surface area contributed by atoms with Crippen LogP contribution in [0.2, 0.25) is 0 Å². The van der Waals surface area contributed by atoms with Crippen LogP contribution in [0.3, 0.4) is 0 Å². The molecule has 2 aliphatic heterocycles. The van der Waals surface area contributed by atoms with Gasteiger partial charge in [0.05, 0.1) is 11.4 Å².